The van der Waals surface area contributed by atoms with Gasteiger partial charge in [-0.05, 0) is 33.6 Å². The van der Waals surface area contributed by atoms with E-state index in [2.05, 4.69) is 0 Å². The highest BCUT2D eigenvalue weighted by atomic mass is 16.8. The summed E-state index contributed by atoms with van der Waals surface area (Å²) in [5.74, 6) is 0. The lowest BCUT2D eigenvalue weighted by Gasteiger charge is -2.15. The van der Waals surface area contributed by atoms with Gasteiger partial charge in [0.2, 0.25) is 0 Å². The van der Waals surface area contributed by atoms with E-state index in [9.17, 15) is 0 Å². The molecule has 4 heteroatoms. The minimum Gasteiger partial charge on any atom is -0.381 e. The lowest BCUT2D eigenvalue weighted by atomic mass is 10.4. The first kappa shape index (κ1) is 14.8. The van der Waals surface area contributed by atoms with Crippen molar-refractivity contribution < 1.29 is 18.9 Å². The molecule has 0 bridgehead atoms. The predicted octanol–water partition coefficient (Wildman–Crippen LogP) is 2.18. The van der Waals surface area contributed by atoms with E-state index in [4.69, 9.17) is 18.9 Å². The number of rotatable bonds is 6. The Labute approximate surface area is 92.8 Å². The molecule has 0 amide bonds. The standard InChI is InChI=1S/C7H16O3.C4H8O/c1-4-8-7(9-5-2)10-6-3;1-2-4-5-3-1/h7H,4-6H2,1-3H3;1-4H2. The zero-order valence-corrected chi connectivity index (χ0v) is 10.2. The van der Waals surface area contributed by atoms with E-state index >= 15 is 0 Å². The summed E-state index contributed by atoms with van der Waals surface area (Å²) < 4.78 is 20.2. The van der Waals surface area contributed by atoms with Crippen molar-refractivity contribution in [2.75, 3.05) is 33.0 Å². The second-order valence-corrected chi connectivity index (χ2v) is 2.97. The SMILES string of the molecule is C1CCOC1.CCOC(OCC)OCC. The molecule has 1 fully saturated rings. The Bertz CT molecular complexity index is 93.3. The summed E-state index contributed by atoms with van der Waals surface area (Å²) in [5.41, 5.74) is 0. The van der Waals surface area contributed by atoms with Crippen LogP contribution in [-0.2, 0) is 18.9 Å². The Hall–Kier alpha value is -0.160. The lowest BCUT2D eigenvalue weighted by Crippen LogP contribution is -2.20. The molecule has 1 saturated heterocycles. The molecule has 0 aliphatic carbocycles. The summed E-state index contributed by atoms with van der Waals surface area (Å²) in [6.07, 6.45) is 2.56. The normalized spacial score (nSPS) is 15.2. The van der Waals surface area contributed by atoms with Gasteiger partial charge >= 0.3 is 0 Å². The summed E-state index contributed by atoms with van der Waals surface area (Å²) in [6, 6.07) is 0. The number of hydrogen-bond acceptors (Lipinski definition) is 4. The van der Waals surface area contributed by atoms with E-state index in [1.165, 1.54) is 12.8 Å². The fourth-order valence-corrected chi connectivity index (χ4v) is 1.06. The maximum atomic E-state index is 5.08. The molecule has 92 valence electrons. The van der Waals surface area contributed by atoms with Crippen molar-refractivity contribution in [3.8, 4) is 0 Å². The van der Waals surface area contributed by atoms with E-state index in [-0.39, 0.29) is 0 Å². The Morgan fingerprint density at radius 3 is 1.47 bits per heavy atom. The quantitative estimate of drug-likeness (QED) is 0.643. The fraction of sp³-hybridized carbons (Fsp3) is 1.00. The predicted molar refractivity (Wildman–Crippen MR) is 58.7 cm³/mol. The summed E-state index contributed by atoms with van der Waals surface area (Å²) in [7, 11) is 0. The molecule has 0 unspecified atom stereocenters. The average Bonchev–Trinajstić information content (AvgIpc) is 2.77. The summed E-state index contributed by atoms with van der Waals surface area (Å²) in [4.78, 5) is 0. The van der Waals surface area contributed by atoms with Gasteiger partial charge in [0.25, 0.3) is 6.48 Å². The van der Waals surface area contributed by atoms with Gasteiger partial charge in [0.05, 0.1) is 0 Å². The Morgan fingerprint density at radius 2 is 1.27 bits per heavy atom. The van der Waals surface area contributed by atoms with E-state index in [1.54, 1.807) is 0 Å². The van der Waals surface area contributed by atoms with Gasteiger partial charge in [-0.25, -0.2) is 0 Å². The number of hydrogen-bond donors (Lipinski definition) is 0. The van der Waals surface area contributed by atoms with Crippen LogP contribution in [0.25, 0.3) is 0 Å². The van der Waals surface area contributed by atoms with Crippen LogP contribution < -0.4 is 0 Å². The smallest absolute Gasteiger partial charge is 0.271 e. The van der Waals surface area contributed by atoms with Gasteiger partial charge < -0.3 is 18.9 Å². The Balaban J connectivity index is 0.000000322. The fourth-order valence-electron chi connectivity index (χ4n) is 1.06. The van der Waals surface area contributed by atoms with Crippen LogP contribution in [0, 0.1) is 0 Å². The van der Waals surface area contributed by atoms with Crippen LogP contribution in [0.3, 0.4) is 0 Å². The molecule has 0 N–H and O–H groups in total. The van der Waals surface area contributed by atoms with Gasteiger partial charge in [0.1, 0.15) is 0 Å². The molecule has 0 saturated carbocycles. The molecule has 0 aromatic rings. The zero-order chi connectivity index (χ0) is 11.4. The second-order valence-electron chi connectivity index (χ2n) is 2.97. The topological polar surface area (TPSA) is 36.9 Å². The van der Waals surface area contributed by atoms with Crippen molar-refractivity contribution >= 4 is 0 Å². The van der Waals surface area contributed by atoms with Gasteiger partial charge in [-0.1, -0.05) is 0 Å². The molecule has 1 heterocycles. The molecular formula is C11H24O4. The first-order chi connectivity index (χ1) is 7.35. The van der Waals surface area contributed by atoms with Crippen molar-refractivity contribution in [1.82, 2.24) is 0 Å². The minimum atomic E-state index is -0.472. The van der Waals surface area contributed by atoms with E-state index in [0.717, 1.165) is 13.2 Å². The van der Waals surface area contributed by atoms with Crippen LogP contribution in [0.1, 0.15) is 33.6 Å². The molecule has 4 nitrogen and oxygen atoms in total. The van der Waals surface area contributed by atoms with Crippen LogP contribution in [0.2, 0.25) is 0 Å². The highest BCUT2D eigenvalue weighted by Crippen LogP contribution is 1.98. The van der Waals surface area contributed by atoms with Crippen molar-refractivity contribution in [3.63, 3.8) is 0 Å². The third-order valence-electron chi connectivity index (χ3n) is 1.74. The first-order valence-electron chi connectivity index (χ1n) is 5.77. The molecule has 1 rings (SSSR count). The van der Waals surface area contributed by atoms with Crippen LogP contribution in [0.5, 0.6) is 0 Å². The first-order valence-corrected chi connectivity index (χ1v) is 5.77. The maximum Gasteiger partial charge on any atom is 0.271 e. The molecule has 15 heavy (non-hydrogen) atoms. The molecule has 1 aliphatic heterocycles. The van der Waals surface area contributed by atoms with Gasteiger partial charge in [0.15, 0.2) is 0 Å². The molecule has 0 atom stereocenters. The van der Waals surface area contributed by atoms with E-state index in [0.29, 0.717) is 19.8 Å². The van der Waals surface area contributed by atoms with Crippen molar-refractivity contribution in [2.24, 2.45) is 0 Å². The highest BCUT2D eigenvalue weighted by molar-refractivity contribution is 4.43. The highest BCUT2D eigenvalue weighted by Gasteiger charge is 2.04. The van der Waals surface area contributed by atoms with Crippen LogP contribution >= 0.6 is 0 Å². The molecule has 0 aromatic carbocycles. The zero-order valence-electron chi connectivity index (χ0n) is 10.2. The van der Waals surface area contributed by atoms with E-state index < -0.39 is 6.48 Å². The van der Waals surface area contributed by atoms with Crippen molar-refractivity contribution in [2.45, 2.75) is 40.1 Å². The Morgan fingerprint density at radius 1 is 0.867 bits per heavy atom. The van der Waals surface area contributed by atoms with Gasteiger partial charge in [0, 0.05) is 33.0 Å². The average molecular weight is 220 g/mol. The van der Waals surface area contributed by atoms with Crippen LogP contribution in [-0.4, -0.2) is 39.5 Å². The molecular weight excluding hydrogens is 196 g/mol. The largest absolute Gasteiger partial charge is 0.381 e. The van der Waals surface area contributed by atoms with Crippen LogP contribution in [0.15, 0.2) is 0 Å². The summed E-state index contributed by atoms with van der Waals surface area (Å²) >= 11 is 0. The van der Waals surface area contributed by atoms with Crippen molar-refractivity contribution in [3.05, 3.63) is 0 Å². The third kappa shape index (κ3) is 10.1. The third-order valence-corrected chi connectivity index (χ3v) is 1.74. The molecule has 0 spiro atoms. The monoisotopic (exact) mass is 220 g/mol. The number of ether oxygens (including phenoxy) is 4. The summed E-state index contributed by atoms with van der Waals surface area (Å²) in [6.45, 7) is 9.10. The maximum absolute atomic E-state index is 5.08. The Kier molecular flexibility index (Phi) is 11.8. The lowest BCUT2D eigenvalue weighted by molar-refractivity contribution is -0.282. The van der Waals surface area contributed by atoms with Gasteiger partial charge in [-0.2, -0.15) is 0 Å². The molecule has 0 aromatic heterocycles. The van der Waals surface area contributed by atoms with Crippen LogP contribution in [0.4, 0.5) is 0 Å². The van der Waals surface area contributed by atoms with Crippen molar-refractivity contribution in [1.29, 1.82) is 0 Å². The van der Waals surface area contributed by atoms with Gasteiger partial charge in [-0.15, -0.1) is 0 Å². The second kappa shape index (κ2) is 11.9. The molecule has 0 radical (unpaired) electrons. The van der Waals surface area contributed by atoms with E-state index in [1.807, 2.05) is 20.8 Å². The van der Waals surface area contributed by atoms with Gasteiger partial charge in [-0.3, -0.25) is 0 Å². The molecule has 1 aliphatic rings. The summed E-state index contributed by atoms with van der Waals surface area (Å²) in [5, 5.41) is 0. The minimum absolute atomic E-state index is 0.472.